The van der Waals surface area contributed by atoms with Gasteiger partial charge in [0.05, 0.1) is 7.11 Å². The van der Waals surface area contributed by atoms with Crippen LogP contribution in [-0.4, -0.2) is 28.3 Å². The smallest absolute Gasteiger partial charge is 0.409 e. The Bertz CT molecular complexity index is 257. The van der Waals surface area contributed by atoms with Gasteiger partial charge in [-0.15, -0.1) is 0 Å². The zero-order chi connectivity index (χ0) is 12.3. The van der Waals surface area contributed by atoms with Crippen molar-refractivity contribution in [2.45, 2.75) is 36.8 Å². The van der Waals surface area contributed by atoms with Gasteiger partial charge in [-0.25, -0.2) is 9.59 Å². The molecule has 1 atom stereocenters. The minimum Gasteiger partial charge on any atom is -0.467 e. The zero-order valence-electron chi connectivity index (χ0n) is 9.51. The highest BCUT2D eigenvalue weighted by Crippen LogP contribution is 2.17. The first-order valence-corrected chi connectivity index (χ1v) is 5.45. The van der Waals surface area contributed by atoms with E-state index in [2.05, 4.69) is 10.1 Å². The van der Waals surface area contributed by atoms with Crippen LogP contribution < -0.4 is 5.32 Å². The molecule has 0 saturated carbocycles. The third-order valence-corrected chi connectivity index (χ3v) is 2.01. The molecule has 15 heavy (non-hydrogen) atoms. The molecule has 0 bridgehead atoms. The number of alkyl halides is 1. The highest BCUT2D eigenvalue weighted by atomic mass is 127. The van der Waals surface area contributed by atoms with Crippen LogP contribution in [0.15, 0.2) is 0 Å². The minimum absolute atomic E-state index is 0.533. The van der Waals surface area contributed by atoms with E-state index in [0.29, 0.717) is 0 Å². The molecule has 5 nitrogen and oxygen atoms in total. The summed E-state index contributed by atoms with van der Waals surface area (Å²) in [5, 5.41) is 2.41. The normalized spacial score (nSPS) is 15.1. The maximum absolute atomic E-state index is 11.3. The summed E-state index contributed by atoms with van der Waals surface area (Å²) in [4.78, 5) is 22.6. The number of halogens is 1. The highest BCUT2D eigenvalue weighted by molar-refractivity contribution is 14.1. The van der Waals surface area contributed by atoms with E-state index in [0.717, 1.165) is 0 Å². The zero-order valence-corrected chi connectivity index (χ0v) is 11.7. The fourth-order valence-corrected chi connectivity index (χ4v) is 1.18. The molecule has 0 aliphatic carbocycles. The number of amides is 1. The third-order valence-electron chi connectivity index (χ3n) is 1.30. The van der Waals surface area contributed by atoms with E-state index in [4.69, 9.17) is 4.74 Å². The van der Waals surface area contributed by atoms with Crippen molar-refractivity contribution in [3.8, 4) is 0 Å². The van der Waals surface area contributed by atoms with Crippen LogP contribution in [0.5, 0.6) is 0 Å². The average Bonchev–Trinajstić information content (AvgIpc) is 1.97. The van der Waals surface area contributed by atoms with Gasteiger partial charge in [0.25, 0.3) is 0 Å². The third kappa shape index (κ3) is 5.81. The van der Waals surface area contributed by atoms with Crippen molar-refractivity contribution in [3.05, 3.63) is 0 Å². The Labute approximate surface area is 103 Å². The van der Waals surface area contributed by atoms with Crippen LogP contribution >= 0.6 is 22.6 Å². The van der Waals surface area contributed by atoms with Gasteiger partial charge in [-0.3, -0.25) is 5.32 Å². The van der Waals surface area contributed by atoms with Gasteiger partial charge in [0.2, 0.25) is 0 Å². The van der Waals surface area contributed by atoms with E-state index in [1.54, 1.807) is 43.4 Å². The number of carbonyl (C=O) groups is 2. The Balaban J connectivity index is 4.35. The standard InChI is InChI=1S/C9H16INO4/c1-8(2,3)15-7(13)11-9(4,10)6(12)14-5/h1-5H3,(H,11,13)/t9-/m0/s1. The Morgan fingerprint density at radius 3 is 2.00 bits per heavy atom. The molecular weight excluding hydrogens is 313 g/mol. The molecule has 0 heterocycles. The van der Waals surface area contributed by atoms with Crippen molar-refractivity contribution in [2.24, 2.45) is 0 Å². The van der Waals surface area contributed by atoms with E-state index in [1.807, 2.05) is 0 Å². The number of methoxy groups -OCH3 is 1. The molecule has 0 fully saturated rings. The minimum atomic E-state index is -1.12. The van der Waals surface area contributed by atoms with Gasteiger partial charge in [-0.05, 0) is 50.3 Å². The fraction of sp³-hybridized carbons (Fsp3) is 0.778. The van der Waals surface area contributed by atoms with Crippen LogP contribution in [0.3, 0.4) is 0 Å². The Morgan fingerprint density at radius 1 is 1.20 bits per heavy atom. The summed E-state index contributed by atoms with van der Waals surface area (Å²) in [5.41, 5.74) is -0.590. The van der Waals surface area contributed by atoms with Crippen molar-refractivity contribution < 1.29 is 19.1 Å². The van der Waals surface area contributed by atoms with Crippen LogP contribution in [-0.2, 0) is 14.3 Å². The summed E-state index contributed by atoms with van der Waals surface area (Å²) in [6, 6.07) is 0. The molecule has 0 aromatic carbocycles. The molecule has 0 aliphatic heterocycles. The van der Waals surface area contributed by atoms with Crippen molar-refractivity contribution in [2.75, 3.05) is 7.11 Å². The highest BCUT2D eigenvalue weighted by Gasteiger charge is 2.34. The van der Waals surface area contributed by atoms with Gasteiger partial charge >= 0.3 is 12.1 Å². The molecule has 6 heteroatoms. The summed E-state index contributed by atoms with van der Waals surface area (Å²) < 4.78 is 8.42. The number of hydrogen-bond acceptors (Lipinski definition) is 4. The maximum atomic E-state index is 11.3. The van der Waals surface area contributed by atoms with Gasteiger partial charge in [0.15, 0.2) is 3.55 Å². The van der Waals surface area contributed by atoms with Crippen LogP contribution in [0.4, 0.5) is 4.79 Å². The predicted molar refractivity (Wildman–Crippen MR) is 63.8 cm³/mol. The molecule has 1 amide bonds. The number of ether oxygens (including phenoxy) is 2. The van der Waals surface area contributed by atoms with Crippen molar-refractivity contribution in [1.82, 2.24) is 5.32 Å². The predicted octanol–water partition coefficient (Wildman–Crippen LogP) is 1.84. The quantitative estimate of drug-likeness (QED) is 0.363. The second-order valence-corrected chi connectivity index (χ2v) is 6.28. The van der Waals surface area contributed by atoms with Gasteiger partial charge < -0.3 is 9.47 Å². The molecule has 0 saturated heterocycles. The number of hydrogen-bond donors (Lipinski definition) is 1. The number of nitrogens with one attached hydrogen (secondary N) is 1. The van der Waals surface area contributed by atoms with Crippen LogP contribution in [0.25, 0.3) is 0 Å². The lowest BCUT2D eigenvalue weighted by Crippen LogP contribution is -2.49. The van der Waals surface area contributed by atoms with Crippen molar-refractivity contribution in [1.29, 1.82) is 0 Å². The molecule has 0 aromatic heterocycles. The first-order valence-electron chi connectivity index (χ1n) is 4.37. The van der Waals surface area contributed by atoms with E-state index in [1.165, 1.54) is 14.0 Å². The average molecular weight is 329 g/mol. The topological polar surface area (TPSA) is 64.6 Å². The second-order valence-electron chi connectivity index (χ2n) is 4.12. The van der Waals surface area contributed by atoms with Crippen molar-refractivity contribution >= 4 is 34.7 Å². The van der Waals surface area contributed by atoms with Gasteiger partial charge in [0.1, 0.15) is 5.60 Å². The Morgan fingerprint density at radius 2 is 1.67 bits per heavy atom. The number of esters is 1. The molecule has 0 aromatic rings. The Hall–Kier alpha value is -0.530. The maximum Gasteiger partial charge on any atom is 0.409 e. The lowest BCUT2D eigenvalue weighted by atomic mass is 10.2. The Kier molecular flexibility index (Phi) is 4.82. The SMILES string of the molecule is COC(=O)[C@@](C)(I)NC(=O)OC(C)(C)C. The number of rotatable bonds is 2. The van der Waals surface area contributed by atoms with E-state index >= 15 is 0 Å². The molecule has 88 valence electrons. The summed E-state index contributed by atoms with van der Waals surface area (Å²) in [6.07, 6.45) is -0.648. The second kappa shape index (κ2) is 5.00. The molecule has 0 spiro atoms. The van der Waals surface area contributed by atoms with E-state index in [-0.39, 0.29) is 0 Å². The summed E-state index contributed by atoms with van der Waals surface area (Å²) >= 11 is 1.78. The van der Waals surface area contributed by atoms with Gasteiger partial charge in [0, 0.05) is 0 Å². The van der Waals surface area contributed by atoms with E-state index < -0.39 is 21.2 Å². The summed E-state index contributed by atoms with van der Waals surface area (Å²) in [7, 11) is 1.26. The van der Waals surface area contributed by atoms with E-state index in [9.17, 15) is 9.59 Å². The summed E-state index contributed by atoms with van der Waals surface area (Å²) in [5.74, 6) is -0.533. The number of carbonyl (C=O) groups excluding carboxylic acids is 2. The molecule has 0 aliphatic rings. The largest absolute Gasteiger partial charge is 0.467 e. The molecular formula is C9H16INO4. The molecule has 0 rings (SSSR count). The van der Waals surface area contributed by atoms with Crippen LogP contribution in [0.1, 0.15) is 27.7 Å². The molecule has 1 N–H and O–H groups in total. The first kappa shape index (κ1) is 14.5. The summed E-state index contributed by atoms with van der Waals surface area (Å²) in [6.45, 7) is 6.77. The first-order chi connectivity index (χ1) is 6.58. The lowest BCUT2D eigenvalue weighted by molar-refractivity contribution is -0.143. The molecule has 0 unspecified atom stereocenters. The van der Waals surface area contributed by atoms with Gasteiger partial charge in [-0.1, -0.05) is 0 Å². The fourth-order valence-electron chi connectivity index (χ4n) is 0.738. The number of alkyl carbamates (subject to hydrolysis) is 1. The van der Waals surface area contributed by atoms with Crippen LogP contribution in [0, 0.1) is 0 Å². The lowest BCUT2D eigenvalue weighted by Gasteiger charge is -2.25. The van der Waals surface area contributed by atoms with Crippen LogP contribution in [0.2, 0.25) is 0 Å². The van der Waals surface area contributed by atoms with Crippen molar-refractivity contribution in [3.63, 3.8) is 0 Å². The monoisotopic (exact) mass is 329 g/mol. The molecule has 0 radical (unpaired) electrons. The van der Waals surface area contributed by atoms with Gasteiger partial charge in [-0.2, -0.15) is 0 Å².